The van der Waals surface area contributed by atoms with Gasteiger partial charge < -0.3 is 20.7 Å². The van der Waals surface area contributed by atoms with Crippen molar-refractivity contribution in [1.82, 2.24) is 16.0 Å². The number of alkyl carbamates (subject to hydrolysis) is 1. The highest BCUT2D eigenvalue weighted by molar-refractivity contribution is 5.85. The van der Waals surface area contributed by atoms with Gasteiger partial charge in [-0.25, -0.2) is 4.79 Å². The normalized spacial score (nSPS) is 18.2. The Kier molecular flexibility index (Phi) is 11.7. The lowest BCUT2D eigenvalue weighted by Gasteiger charge is -2.19. The highest BCUT2D eigenvalue weighted by Gasteiger charge is 2.15. The largest absolute Gasteiger partial charge is 0.444 e. The third-order valence-electron chi connectivity index (χ3n) is 2.52. The van der Waals surface area contributed by atoms with Crippen molar-refractivity contribution in [2.45, 2.75) is 45.3 Å². The van der Waals surface area contributed by atoms with E-state index in [9.17, 15) is 4.79 Å². The molecular formula is C12H27Cl2N3O2. The van der Waals surface area contributed by atoms with Gasteiger partial charge in [-0.15, -0.1) is 24.8 Å². The Bertz CT molecular complexity index is 242. The summed E-state index contributed by atoms with van der Waals surface area (Å²) in [5, 5.41) is 9.50. The first-order chi connectivity index (χ1) is 7.97. The highest BCUT2D eigenvalue weighted by Crippen LogP contribution is 2.06. The van der Waals surface area contributed by atoms with Crippen LogP contribution in [0.15, 0.2) is 0 Å². The molecule has 0 bridgehead atoms. The van der Waals surface area contributed by atoms with Crippen molar-refractivity contribution in [2.24, 2.45) is 0 Å². The molecule has 5 nitrogen and oxygen atoms in total. The monoisotopic (exact) mass is 315 g/mol. The van der Waals surface area contributed by atoms with Crippen molar-refractivity contribution in [3.8, 4) is 0 Å². The van der Waals surface area contributed by atoms with Crippen LogP contribution in [0.2, 0.25) is 0 Å². The van der Waals surface area contributed by atoms with Crippen LogP contribution in [0, 0.1) is 0 Å². The summed E-state index contributed by atoms with van der Waals surface area (Å²) in [6, 6.07) is 0.594. The molecule has 0 aromatic heterocycles. The molecule has 1 rings (SSSR count). The summed E-state index contributed by atoms with van der Waals surface area (Å²) >= 11 is 0. The second-order valence-corrected chi connectivity index (χ2v) is 5.43. The zero-order valence-corrected chi connectivity index (χ0v) is 13.6. The van der Waals surface area contributed by atoms with Crippen molar-refractivity contribution >= 4 is 30.9 Å². The predicted molar refractivity (Wildman–Crippen MR) is 82.6 cm³/mol. The molecule has 1 saturated heterocycles. The molecule has 0 spiro atoms. The first kappa shape index (κ1) is 21.1. The lowest BCUT2D eigenvalue weighted by Crippen LogP contribution is -2.36. The Balaban J connectivity index is 0. The van der Waals surface area contributed by atoms with E-state index in [1.54, 1.807) is 0 Å². The van der Waals surface area contributed by atoms with Crippen LogP contribution in [0.25, 0.3) is 0 Å². The molecule has 0 unspecified atom stereocenters. The minimum atomic E-state index is -0.419. The molecule has 1 aliphatic heterocycles. The van der Waals surface area contributed by atoms with E-state index in [0.29, 0.717) is 12.6 Å². The van der Waals surface area contributed by atoms with Gasteiger partial charge in [0.2, 0.25) is 0 Å². The summed E-state index contributed by atoms with van der Waals surface area (Å²) in [5.41, 5.74) is -0.419. The zero-order valence-electron chi connectivity index (χ0n) is 12.0. The molecule has 1 amide bonds. The second-order valence-electron chi connectivity index (χ2n) is 5.43. The highest BCUT2D eigenvalue weighted by atomic mass is 35.5. The minimum Gasteiger partial charge on any atom is -0.444 e. The summed E-state index contributed by atoms with van der Waals surface area (Å²) in [7, 11) is 0. The van der Waals surface area contributed by atoms with Crippen LogP contribution in [0.3, 0.4) is 0 Å². The van der Waals surface area contributed by atoms with Gasteiger partial charge in [0, 0.05) is 19.1 Å². The van der Waals surface area contributed by atoms with Crippen LogP contribution in [0.4, 0.5) is 4.79 Å². The van der Waals surface area contributed by atoms with Gasteiger partial charge in [0.25, 0.3) is 0 Å². The summed E-state index contributed by atoms with van der Waals surface area (Å²) in [6.45, 7) is 9.33. The fourth-order valence-corrected chi connectivity index (χ4v) is 1.73. The number of halogens is 2. The van der Waals surface area contributed by atoms with Crippen LogP contribution in [0.5, 0.6) is 0 Å². The average Bonchev–Trinajstić information content (AvgIpc) is 2.67. The number of ether oxygens (including phenoxy) is 1. The first-order valence-electron chi connectivity index (χ1n) is 6.38. The van der Waals surface area contributed by atoms with Crippen LogP contribution in [-0.2, 0) is 4.74 Å². The van der Waals surface area contributed by atoms with E-state index in [1.165, 1.54) is 6.42 Å². The summed E-state index contributed by atoms with van der Waals surface area (Å²) in [6.07, 6.45) is 1.79. The Labute approximate surface area is 128 Å². The van der Waals surface area contributed by atoms with Gasteiger partial charge in [0.1, 0.15) is 5.60 Å². The molecule has 0 aromatic carbocycles. The van der Waals surface area contributed by atoms with Gasteiger partial charge in [0.15, 0.2) is 0 Å². The Hall–Kier alpha value is -0.230. The van der Waals surface area contributed by atoms with Crippen molar-refractivity contribution in [3.05, 3.63) is 0 Å². The molecule has 0 aromatic rings. The number of hydrogen-bond donors (Lipinski definition) is 3. The van der Waals surface area contributed by atoms with Crippen molar-refractivity contribution in [2.75, 3.05) is 26.2 Å². The van der Waals surface area contributed by atoms with Gasteiger partial charge in [0.05, 0.1) is 0 Å². The maximum Gasteiger partial charge on any atom is 0.407 e. The molecule has 3 N–H and O–H groups in total. The van der Waals surface area contributed by atoms with Gasteiger partial charge in [-0.2, -0.15) is 0 Å². The van der Waals surface area contributed by atoms with Crippen molar-refractivity contribution < 1.29 is 9.53 Å². The summed E-state index contributed by atoms with van der Waals surface area (Å²) in [4.78, 5) is 11.3. The van der Waals surface area contributed by atoms with Gasteiger partial charge in [-0.1, -0.05) is 0 Å². The fourth-order valence-electron chi connectivity index (χ4n) is 1.73. The number of rotatable bonds is 5. The third kappa shape index (κ3) is 11.3. The molecule has 0 saturated carbocycles. The second kappa shape index (κ2) is 10.5. The molecule has 1 aliphatic rings. The van der Waals surface area contributed by atoms with Crippen LogP contribution >= 0.6 is 24.8 Å². The summed E-state index contributed by atoms with van der Waals surface area (Å²) in [5.74, 6) is 0. The number of nitrogens with one attached hydrogen (secondary N) is 3. The molecule has 1 fully saturated rings. The summed E-state index contributed by atoms with van der Waals surface area (Å²) < 4.78 is 5.14. The number of carbonyl (C=O) groups excluding carboxylic acids is 1. The standard InChI is InChI=1S/C12H25N3O2.2ClH/c1-12(2,3)17-11(16)15-7-4-6-14-10-5-8-13-9-10;;/h10,13-14H,4-9H2,1-3H3,(H,15,16);2*1H/t10-;;/m0../s1. The maximum atomic E-state index is 11.3. The van der Waals surface area contributed by atoms with E-state index in [1.807, 2.05) is 20.8 Å². The topological polar surface area (TPSA) is 62.4 Å². The van der Waals surface area contributed by atoms with E-state index in [0.717, 1.165) is 26.1 Å². The molecular weight excluding hydrogens is 289 g/mol. The first-order valence-corrected chi connectivity index (χ1v) is 6.38. The molecule has 0 radical (unpaired) electrons. The van der Waals surface area contributed by atoms with E-state index in [2.05, 4.69) is 16.0 Å². The minimum absolute atomic E-state index is 0. The number of amides is 1. The van der Waals surface area contributed by atoms with Crippen molar-refractivity contribution in [1.29, 1.82) is 0 Å². The lowest BCUT2D eigenvalue weighted by atomic mass is 10.2. The smallest absolute Gasteiger partial charge is 0.407 e. The third-order valence-corrected chi connectivity index (χ3v) is 2.52. The maximum absolute atomic E-state index is 11.3. The quantitative estimate of drug-likeness (QED) is 0.676. The molecule has 116 valence electrons. The fraction of sp³-hybridized carbons (Fsp3) is 0.917. The van der Waals surface area contributed by atoms with Crippen LogP contribution in [0.1, 0.15) is 33.6 Å². The van der Waals surface area contributed by atoms with Gasteiger partial charge in [-0.05, 0) is 46.7 Å². The van der Waals surface area contributed by atoms with Gasteiger partial charge >= 0.3 is 6.09 Å². The van der Waals surface area contributed by atoms with Gasteiger partial charge in [-0.3, -0.25) is 0 Å². The molecule has 7 heteroatoms. The molecule has 1 heterocycles. The van der Waals surface area contributed by atoms with E-state index in [-0.39, 0.29) is 30.9 Å². The Morgan fingerprint density at radius 1 is 1.32 bits per heavy atom. The average molecular weight is 316 g/mol. The SMILES string of the molecule is CC(C)(C)OC(=O)NCCCN[C@H]1CCNC1.Cl.Cl. The van der Waals surface area contributed by atoms with Crippen LogP contribution in [-0.4, -0.2) is 43.9 Å². The van der Waals surface area contributed by atoms with E-state index in [4.69, 9.17) is 4.74 Å². The predicted octanol–water partition coefficient (Wildman–Crippen LogP) is 1.70. The number of hydrogen-bond acceptors (Lipinski definition) is 4. The Morgan fingerprint density at radius 3 is 2.53 bits per heavy atom. The van der Waals surface area contributed by atoms with Crippen molar-refractivity contribution in [3.63, 3.8) is 0 Å². The lowest BCUT2D eigenvalue weighted by molar-refractivity contribution is 0.0527. The Morgan fingerprint density at radius 2 is 2.00 bits per heavy atom. The molecule has 0 aliphatic carbocycles. The van der Waals surface area contributed by atoms with E-state index < -0.39 is 5.60 Å². The molecule has 19 heavy (non-hydrogen) atoms. The van der Waals surface area contributed by atoms with Crippen LogP contribution < -0.4 is 16.0 Å². The number of carbonyl (C=O) groups is 1. The molecule has 1 atom stereocenters. The van der Waals surface area contributed by atoms with E-state index >= 15 is 0 Å². The zero-order chi connectivity index (χ0) is 12.7.